The van der Waals surface area contributed by atoms with Crippen molar-refractivity contribution in [1.29, 1.82) is 0 Å². The average molecular weight is 240 g/mol. The highest BCUT2D eigenvalue weighted by Gasteiger charge is 2.36. The summed E-state index contributed by atoms with van der Waals surface area (Å²) >= 11 is 0. The van der Waals surface area contributed by atoms with E-state index in [9.17, 15) is 14.7 Å². The van der Waals surface area contributed by atoms with Crippen LogP contribution in [0.15, 0.2) is 0 Å². The van der Waals surface area contributed by atoms with Crippen molar-refractivity contribution < 1.29 is 14.7 Å². The van der Waals surface area contributed by atoms with Crippen LogP contribution in [0.2, 0.25) is 0 Å². The molecule has 1 unspecified atom stereocenters. The van der Waals surface area contributed by atoms with Crippen LogP contribution < -0.4 is 5.32 Å². The van der Waals surface area contributed by atoms with Gasteiger partial charge in [0.1, 0.15) is 6.04 Å². The quantitative estimate of drug-likeness (QED) is 0.731. The van der Waals surface area contributed by atoms with E-state index in [1.807, 2.05) is 0 Å². The van der Waals surface area contributed by atoms with Crippen molar-refractivity contribution in [3.05, 3.63) is 0 Å². The lowest BCUT2D eigenvalue weighted by molar-refractivity contribution is -0.136. The largest absolute Gasteiger partial charge is 0.388 e. The number of nitrogens with one attached hydrogen (secondary N) is 1. The molecule has 2 amide bonds. The van der Waals surface area contributed by atoms with Gasteiger partial charge >= 0.3 is 0 Å². The van der Waals surface area contributed by atoms with Gasteiger partial charge in [-0.15, -0.1) is 0 Å². The lowest BCUT2D eigenvalue weighted by Gasteiger charge is -2.30. The molecule has 96 valence electrons. The fourth-order valence-electron chi connectivity index (χ4n) is 2.78. The molecule has 2 N–H and O–H groups in total. The van der Waals surface area contributed by atoms with Gasteiger partial charge in [-0.3, -0.25) is 9.59 Å². The molecule has 0 bridgehead atoms. The highest BCUT2D eigenvalue weighted by atomic mass is 16.3. The third-order valence-corrected chi connectivity index (χ3v) is 3.74. The number of rotatable bonds is 3. The summed E-state index contributed by atoms with van der Waals surface area (Å²) in [5.41, 5.74) is -0.715. The van der Waals surface area contributed by atoms with E-state index in [-0.39, 0.29) is 11.8 Å². The topological polar surface area (TPSA) is 69.6 Å². The summed E-state index contributed by atoms with van der Waals surface area (Å²) in [5.74, 6) is -0.146. The van der Waals surface area contributed by atoms with Crippen molar-refractivity contribution in [2.24, 2.45) is 0 Å². The molecule has 1 saturated carbocycles. The molecule has 1 saturated heterocycles. The van der Waals surface area contributed by atoms with Crippen LogP contribution in [0.4, 0.5) is 0 Å². The van der Waals surface area contributed by atoms with E-state index in [0.29, 0.717) is 19.4 Å². The molecule has 1 heterocycles. The van der Waals surface area contributed by atoms with E-state index in [1.165, 1.54) is 0 Å². The Kier molecular flexibility index (Phi) is 3.38. The maximum atomic E-state index is 12.0. The van der Waals surface area contributed by atoms with Gasteiger partial charge in [0.2, 0.25) is 11.8 Å². The summed E-state index contributed by atoms with van der Waals surface area (Å²) in [7, 11) is 1.70. The second-order valence-corrected chi connectivity index (χ2v) is 5.28. The molecule has 0 aromatic heterocycles. The molecule has 1 atom stereocenters. The highest BCUT2D eigenvalue weighted by Crippen LogP contribution is 2.30. The van der Waals surface area contributed by atoms with Crippen LogP contribution in [0.25, 0.3) is 0 Å². The Morgan fingerprint density at radius 2 is 2.18 bits per heavy atom. The molecule has 1 aliphatic heterocycles. The molecule has 17 heavy (non-hydrogen) atoms. The molecule has 5 heteroatoms. The SMILES string of the molecule is CN(CC1(O)CCCC1)C(=O)C1CCC(=O)N1. The summed E-state index contributed by atoms with van der Waals surface area (Å²) in [6.45, 7) is 0.373. The minimum Gasteiger partial charge on any atom is -0.388 e. The molecular formula is C12H20N2O3. The summed E-state index contributed by atoms with van der Waals surface area (Å²) < 4.78 is 0. The lowest BCUT2D eigenvalue weighted by atomic mass is 10.0. The van der Waals surface area contributed by atoms with Crippen LogP contribution in [0.5, 0.6) is 0 Å². The molecular weight excluding hydrogens is 220 g/mol. The fraction of sp³-hybridized carbons (Fsp3) is 0.833. The van der Waals surface area contributed by atoms with Gasteiger partial charge in [-0.2, -0.15) is 0 Å². The maximum Gasteiger partial charge on any atom is 0.245 e. The predicted octanol–water partition coefficient (Wildman–Crippen LogP) is 0.0285. The van der Waals surface area contributed by atoms with Gasteiger partial charge in [-0.1, -0.05) is 12.8 Å². The summed E-state index contributed by atoms with van der Waals surface area (Å²) in [6, 6.07) is -0.391. The van der Waals surface area contributed by atoms with Crippen LogP contribution in [0, 0.1) is 0 Å². The van der Waals surface area contributed by atoms with Crippen LogP contribution in [0.1, 0.15) is 38.5 Å². The number of hydrogen-bond donors (Lipinski definition) is 2. The van der Waals surface area contributed by atoms with E-state index >= 15 is 0 Å². The number of aliphatic hydroxyl groups is 1. The Morgan fingerprint density at radius 3 is 2.71 bits per heavy atom. The van der Waals surface area contributed by atoms with Crippen molar-refractivity contribution in [3.8, 4) is 0 Å². The van der Waals surface area contributed by atoms with Crippen LogP contribution in [0.3, 0.4) is 0 Å². The average Bonchev–Trinajstić information content (AvgIpc) is 2.86. The van der Waals surface area contributed by atoms with Gasteiger partial charge in [0.25, 0.3) is 0 Å². The fourth-order valence-corrected chi connectivity index (χ4v) is 2.78. The number of likely N-dealkylation sites (N-methyl/N-ethyl adjacent to an activating group) is 1. The minimum absolute atomic E-state index is 0.0590. The van der Waals surface area contributed by atoms with Gasteiger partial charge in [0, 0.05) is 20.0 Å². The van der Waals surface area contributed by atoms with Crippen LogP contribution in [-0.4, -0.2) is 47.1 Å². The first kappa shape index (κ1) is 12.4. The first-order valence-electron chi connectivity index (χ1n) is 6.27. The Morgan fingerprint density at radius 1 is 1.53 bits per heavy atom. The second-order valence-electron chi connectivity index (χ2n) is 5.28. The van der Waals surface area contributed by atoms with Gasteiger partial charge in [-0.25, -0.2) is 0 Å². The summed E-state index contributed by atoms with van der Waals surface area (Å²) in [6.07, 6.45) is 4.58. The maximum absolute atomic E-state index is 12.0. The van der Waals surface area contributed by atoms with Crippen molar-refractivity contribution in [2.75, 3.05) is 13.6 Å². The lowest BCUT2D eigenvalue weighted by Crippen LogP contribution is -2.48. The van der Waals surface area contributed by atoms with Gasteiger partial charge in [0.05, 0.1) is 5.60 Å². The molecule has 1 aliphatic carbocycles. The minimum atomic E-state index is -0.715. The van der Waals surface area contributed by atoms with E-state index in [1.54, 1.807) is 11.9 Å². The molecule has 0 aromatic carbocycles. The predicted molar refractivity (Wildman–Crippen MR) is 62.2 cm³/mol. The molecule has 0 radical (unpaired) electrons. The second kappa shape index (κ2) is 4.64. The van der Waals surface area contributed by atoms with E-state index in [0.717, 1.165) is 25.7 Å². The Bertz CT molecular complexity index is 324. The van der Waals surface area contributed by atoms with Crippen molar-refractivity contribution in [2.45, 2.75) is 50.2 Å². The first-order chi connectivity index (χ1) is 8.00. The smallest absolute Gasteiger partial charge is 0.245 e. The number of hydrogen-bond acceptors (Lipinski definition) is 3. The van der Waals surface area contributed by atoms with Crippen molar-refractivity contribution >= 4 is 11.8 Å². The molecule has 5 nitrogen and oxygen atoms in total. The molecule has 2 fully saturated rings. The number of carbonyl (C=O) groups excluding carboxylic acids is 2. The van der Waals surface area contributed by atoms with Crippen molar-refractivity contribution in [3.63, 3.8) is 0 Å². The third kappa shape index (κ3) is 2.77. The normalized spacial score (nSPS) is 26.9. The van der Waals surface area contributed by atoms with Crippen LogP contribution >= 0.6 is 0 Å². The highest BCUT2D eigenvalue weighted by molar-refractivity contribution is 5.90. The zero-order valence-electron chi connectivity index (χ0n) is 10.2. The zero-order valence-corrected chi connectivity index (χ0v) is 10.2. The summed E-state index contributed by atoms with van der Waals surface area (Å²) in [5, 5.41) is 12.9. The number of amides is 2. The van der Waals surface area contributed by atoms with Crippen LogP contribution in [-0.2, 0) is 9.59 Å². The number of nitrogens with zero attached hydrogens (tertiary/aromatic N) is 1. The third-order valence-electron chi connectivity index (χ3n) is 3.74. The Balaban J connectivity index is 1.89. The Labute approximate surface area is 101 Å². The van der Waals surface area contributed by atoms with E-state index < -0.39 is 11.6 Å². The summed E-state index contributed by atoms with van der Waals surface area (Å²) in [4.78, 5) is 24.6. The Hall–Kier alpha value is -1.10. The molecule has 2 aliphatic rings. The standard InChI is InChI=1S/C12H20N2O3/c1-14(8-12(17)6-2-3-7-12)11(16)9-4-5-10(15)13-9/h9,17H,2-8H2,1H3,(H,13,15). The van der Waals surface area contributed by atoms with Crippen molar-refractivity contribution in [1.82, 2.24) is 10.2 Å². The molecule has 0 aromatic rings. The molecule has 0 spiro atoms. The van der Waals surface area contributed by atoms with Gasteiger partial charge in [0.15, 0.2) is 0 Å². The molecule has 2 rings (SSSR count). The van der Waals surface area contributed by atoms with Gasteiger partial charge in [-0.05, 0) is 19.3 Å². The number of carbonyl (C=O) groups is 2. The van der Waals surface area contributed by atoms with Gasteiger partial charge < -0.3 is 15.3 Å². The first-order valence-corrected chi connectivity index (χ1v) is 6.27. The van der Waals surface area contributed by atoms with E-state index in [4.69, 9.17) is 0 Å². The monoisotopic (exact) mass is 240 g/mol. The van der Waals surface area contributed by atoms with E-state index in [2.05, 4.69) is 5.32 Å². The zero-order chi connectivity index (χ0) is 12.5.